The van der Waals surface area contributed by atoms with Gasteiger partial charge >= 0.3 is 0 Å². The van der Waals surface area contributed by atoms with Crippen molar-refractivity contribution in [1.29, 1.82) is 0 Å². The van der Waals surface area contributed by atoms with Gasteiger partial charge < -0.3 is 20.3 Å². The second-order valence-corrected chi connectivity index (χ2v) is 11.5. The number of carbonyl (C=O) groups is 2. The number of ether oxygens (including phenoxy) is 1. The van der Waals surface area contributed by atoms with Gasteiger partial charge in [-0.15, -0.1) is 0 Å². The minimum atomic E-state index is -1.23. The van der Waals surface area contributed by atoms with Gasteiger partial charge in [0, 0.05) is 18.5 Å². The molecule has 1 aliphatic carbocycles. The Morgan fingerprint density at radius 3 is 2.22 bits per heavy atom. The molecule has 2 aliphatic heterocycles. The van der Waals surface area contributed by atoms with E-state index in [-0.39, 0.29) is 18.9 Å². The molecule has 2 amide bonds. The van der Waals surface area contributed by atoms with Gasteiger partial charge in [-0.05, 0) is 85.5 Å². The number of nitrogens with zero attached hydrogens (tertiary/aromatic N) is 2. The van der Waals surface area contributed by atoms with Crippen LogP contribution in [0.2, 0.25) is 0 Å². The van der Waals surface area contributed by atoms with Crippen LogP contribution in [-0.2, 0) is 4.79 Å². The first-order valence-electron chi connectivity index (χ1n) is 13.6. The van der Waals surface area contributed by atoms with E-state index < -0.39 is 18.1 Å². The van der Waals surface area contributed by atoms with Gasteiger partial charge in [0.15, 0.2) is 0 Å². The van der Waals surface area contributed by atoms with E-state index in [2.05, 4.69) is 11.8 Å². The van der Waals surface area contributed by atoms with E-state index in [1.807, 2.05) is 36.4 Å². The first-order chi connectivity index (χ1) is 17.8. The first kappa shape index (κ1) is 25.7. The van der Waals surface area contributed by atoms with Crippen LogP contribution in [0.25, 0.3) is 11.1 Å². The summed E-state index contributed by atoms with van der Waals surface area (Å²) in [5, 5.41) is 0. The largest absolute Gasteiger partial charge is 0.493 e. The summed E-state index contributed by atoms with van der Waals surface area (Å²) in [6, 6.07) is 14.3. The van der Waals surface area contributed by atoms with Crippen LogP contribution in [0.15, 0.2) is 48.5 Å². The summed E-state index contributed by atoms with van der Waals surface area (Å²) < 4.78 is 19.9. The molecule has 0 radical (unpaired) electrons. The molecule has 2 N–H and O–H groups in total. The number of rotatable bonds is 8. The number of hydrogen-bond donors (Lipinski definition) is 1. The van der Waals surface area contributed by atoms with E-state index >= 15 is 0 Å². The molecule has 3 aliphatic rings. The minimum Gasteiger partial charge on any atom is -0.493 e. The van der Waals surface area contributed by atoms with Crippen LogP contribution in [-0.4, -0.2) is 66.6 Å². The minimum absolute atomic E-state index is 0.0355. The van der Waals surface area contributed by atoms with Gasteiger partial charge in [0.25, 0.3) is 5.91 Å². The van der Waals surface area contributed by atoms with Gasteiger partial charge in [-0.3, -0.25) is 9.59 Å². The molecule has 7 heteroatoms. The highest BCUT2D eigenvalue weighted by atomic mass is 19.1. The van der Waals surface area contributed by atoms with Gasteiger partial charge in [0.05, 0.1) is 13.2 Å². The zero-order chi connectivity index (χ0) is 26.0. The Labute approximate surface area is 219 Å². The normalized spacial score (nSPS) is 24.0. The molecule has 2 heterocycles. The molecule has 2 atom stereocenters. The van der Waals surface area contributed by atoms with Crippen molar-refractivity contribution in [1.82, 2.24) is 9.80 Å². The van der Waals surface area contributed by atoms with Crippen molar-refractivity contribution in [3.63, 3.8) is 0 Å². The molecule has 0 bridgehead atoms. The zero-order valence-electron chi connectivity index (χ0n) is 21.7. The number of hydrogen-bond acceptors (Lipinski definition) is 4. The monoisotopic (exact) mass is 507 g/mol. The van der Waals surface area contributed by atoms with E-state index in [4.69, 9.17) is 10.5 Å². The Kier molecular flexibility index (Phi) is 7.52. The molecule has 0 spiro atoms. The molecule has 2 aromatic carbocycles. The highest BCUT2D eigenvalue weighted by molar-refractivity contribution is 5.98. The van der Waals surface area contributed by atoms with Crippen molar-refractivity contribution in [2.24, 2.45) is 17.1 Å². The predicted octanol–water partition coefficient (Wildman–Crippen LogP) is 4.67. The van der Waals surface area contributed by atoms with E-state index in [0.29, 0.717) is 16.9 Å². The van der Waals surface area contributed by atoms with E-state index in [9.17, 15) is 14.0 Å². The Morgan fingerprint density at radius 1 is 1.03 bits per heavy atom. The van der Waals surface area contributed by atoms with Crippen molar-refractivity contribution < 1.29 is 18.7 Å². The average Bonchev–Trinajstić information content (AvgIpc) is 3.29. The molecule has 5 rings (SSSR count). The highest BCUT2D eigenvalue weighted by Crippen LogP contribution is 2.41. The maximum absolute atomic E-state index is 13.8. The molecule has 2 saturated heterocycles. The molecule has 37 heavy (non-hydrogen) atoms. The van der Waals surface area contributed by atoms with Crippen molar-refractivity contribution in [3.05, 3.63) is 54.1 Å². The zero-order valence-corrected chi connectivity index (χ0v) is 21.7. The third-order valence-electron chi connectivity index (χ3n) is 8.52. The van der Waals surface area contributed by atoms with Crippen molar-refractivity contribution in [3.8, 4) is 16.9 Å². The number of nitrogens with two attached hydrogens (primary N) is 1. The third kappa shape index (κ3) is 5.98. The fourth-order valence-corrected chi connectivity index (χ4v) is 6.00. The summed E-state index contributed by atoms with van der Waals surface area (Å²) in [6.07, 6.45) is 5.29. The number of piperidine rings is 1. The number of likely N-dealkylation sites (tertiary alicyclic amines) is 2. The van der Waals surface area contributed by atoms with Crippen molar-refractivity contribution in [2.75, 3.05) is 32.8 Å². The number of benzene rings is 2. The molecule has 198 valence electrons. The van der Waals surface area contributed by atoms with Crippen LogP contribution in [0.1, 0.15) is 55.8 Å². The third-order valence-corrected chi connectivity index (χ3v) is 8.52. The molecule has 0 aromatic heterocycles. The quantitative estimate of drug-likeness (QED) is 0.563. The smallest absolute Gasteiger partial charge is 0.254 e. The fraction of sp³-hybridized carbons (Fsp3) is 0.533. The summed E-state index contributed by atoms with van der Waals surface area (Å²) in [7, 11) is 0. The van der Waals surface area contributed by atoms with E-state index in [1.165, 1.54) is 56.6 Å². The van der Waals surface area contributed by atoms with Crippen LogP contribution >= 0.6 is 0 Å². The maximum atomic E-state index is 13.8. The number of carbonyl (C=O) groups excluding carboxylic acids is 2. The average molecular weight is 508 g/mol. The number of amides is 2. The van der Waals surface area contributed by atoms with Gasteiger partial charge in [-0.2, -0.15) is 0 Å². The Hall–Kier alpha value is -2.93. The van der Waals surface area contributed by atoms with Crippen molar-refractivity contribution in [2.45, 2.75) is 57.7 Å². The second kappa shape index (κ2) is 10.8. The summed E-state index contributed by atoms with van der Waals surface area (Å²) in [4.78, 5) is 28.3. The topological polar surface area (TPSA) is 75.9 Å². The molecule has 1 saturated carbocycles. The summed E-state index contributed by atoms with van der Waals surface area (Å²) >= 11 is 0. The van der Waals surface area contributed by atoms with Gasteiger partial charge in [0.1, 0.15) is 18.0 Å². The maximum Gasteiger partial charge on any atom is 0.254 e. The molecule has 3 fully saturated rings. The number of alkyl halides is 1. The molecular weight excluding hydrogens is 469 g/mol. The van der Waals surface area contributed by atoms with Crippen LogP contribution in [0, 0.1) is 11.3 Å². The SMILES string of the molecule is CC1(CN2CCC(COc3ccc(-c4ccc(C(=O)N5CC(F)CC5C(N)=O)cc4)cc3)CC2)CCC1. The lowest BCUT2D eigenvalue weighted by Gasteiger charge is -2.44. The van der Waals surface area contributed by atoms with Crippen LogP contribution in [0.3, 0.4) is 0 Å². The number of halogens is 1. The summed E-state index contributed by atoms with van der Waals surface area (Å²) in [5.74, 6) is 0.429. The van der Waals surface area contributed by atoms with Gasteiger partial charge in [-0.1, -0.05) is 37.6 Å². The summed E-state index contributed by atoms with van der Waals surface area (Å²) in [5.41, 5.74) is 8.32. The van der Waals surface area contributed by atoms with Crippen LogP contribution in [0.5, 0.6) is 5.75 Å². The molecule has 2 aromatic rings. The lowest BCUT2D eigenvalue weighted by molar-refractivity contribution is -0.121. The summed E-state index contributed by atoms with van der Waals surface area (Å²) in [6.45, 7) is 6.69. The van der Waals surface area contributed by atoms with Gasteiger partial charge in [-0.25, -0.2) is 4.39 Å². The first-order valence-corrected chi connectivity index (χ1v) is 13.6. The number of primary amides is 1. The highest BCUT2D eigenvalue weighted by Gasteiger charge is 2.39. The van der Waals surface area contributed by atoms with Crippen LogP contribution in [0.4, 0.5) is 4.39 Å². The molecule has 2 unspecified atom stereocenters. The van der Waals surface area contributed by atoms with Gasteiger partial charge in [0.2, 0.25) is 5.91 Å². The standard InChI is InChI=1S/C30H38FN3O3/c1-30(13-2-14-30)20-33-15-11-21(12-16-33)19-37-26-9-7-23(8-10-26)22-3-5-24(6-4-22)29(36)34-18-25(31)17-27(34)28(32)35/h3-10,21,25,27H,2,11-20H2,1H3,(H2,32,35). The Morgan fingerprint density at radius 2 is 1.65 bits per heavy atom. The predicted molar refractivity (Wildman–Crippen MR) is 142 cm³/mol. The van der Waals surface area contributed by atoms with E-state index in [1.54, 1.807) is 12.1 Å². The fourth-order valence-electron chi connectivity index (χ4n) is 6.00. The molecule has 6 nitrogen and oxygen atoms in total. The lowest BCUT2D eigenvalue weighted by Crippen LogP contribution is -2.44. The van der Waals surface area contributed by atoms with Crippen LogP contribution < -0.4 is 10.5 Å². The second-order valence-electron chi connectivity index (χ2n) is 11.5. The lowest BCUT2D eigenvalue weighted by atomic mass is 9.70. The molecular formula is C30H38FN3O3. The van der Waals surface area contributed by atoms with Crippen molar-refractivity contribution >= 4 is 11.8 Å². The van der Waals surface area contributed by atoms with E-state index in [0.717, 1.165) is 23.5 Å². The Bertz CT molecular complexity index is 1090. The Balaban J connectivity index is 1.11.